The molecule has 0 aliphatic rings. The molecule has 1 aromatic carbocycles. The van der Waals surface area contributed by atoms with Crippen molar-refractivity contribution in [3.8, 4) is 0 Å². The van der Waals surface area contributed by atoms with Crippen LogP contribution in [0.3, 0.4) is 0 Å². The van der Waals surface area contributed by atoms with Crippen LogP contribution in [-0.2, 0) is 15.7 Å². The second kappa shape index (κ2) is 10.5. The molecule has 31 heavy (non-hydrogen) atoms. The van der Waals surface area contributed by atoms with E-state index < -0.39 is 11.7 Å². The molecule has 0 fully saturated rings. The van der Waals surface area contributed by atoms with Crippen LogP contribution in [0.15, 0.2) is 18.2 Å². The largest absolute Gasteiger partial charge is 0.418 e. The van der Waals surface area contributed by atoms with Crippen LogP contribution in [0.2, 0.25) is 0 Å². The van der Waals surface area contributed by atoms with Crippen LogP contribution in [-0.4, -0.2) is 64.6 Å². The quantitative estimate of drug-likeness (QED) is 0.580. The van der Waals surface area contributed by atoms with E-state index in [9.17, 15) is 13.2 Å². The number of methoxy groups -OCH3 is 2. The molecular formula is C20H29F3N6O2. The number of nitrogens with two attached hydrogens (primary N) is 1. The highest BCUT2D eigenvalue weighted by Crippen LogP contribution is 2.39. The van der Waals surface area contributed by atoms with Crippen molar-refractivity contribution in [2.45, 2.75) is 13.1 Å². The third kappa shape index (κ3) is 6.34. The van der Waals surface area contributed by atoms with Gasteiger partial charge in [0.05, 0.1) is 24.5 Å². The third-order valence-corrected chi connectivity index (χ3v) is 4.55. The molecule has 0 aliphatic carbocycles. The number of benzene rings is 1. The third-order valence-electron chi connectivity index (χ3n) is 4.55. The molecule has 3 N–H and O–H groups in total. The van der Waals surface area contributed by atoms with Crippen LogP contribution in [0.1, 0.15) is 11.4 Å². The van der Waals surface area contributed by atoms with Gasteiger partial charge < -0.3 is 30.3 Å². The number of alkyl halides is 3. The molecule has 2 aromatic rings. The maximum Gasteiger partial charge on any atom is 0.418 e. The maximum absolute atomic E-state index is 13.7. The number of aryl methyl sites for hydroxylation is 1. The Balaban J connectivity index is 2.48. The molecule has 0 spiro atoms. The van der Waals surface area contributed by atoms with Gasteiger partial charge in [0.2, 0.25) is 0 Å². The molecule has 1 heterocycles. The van der Waals surface area contributed by atoms with E-state index in [1.165, 1.54) is 6.07 Å². The van der Waals surface area contributed by atoms with Crippen molar-refractivity contribution in [2.75, 3.05) is 75.5 Å². The van der Waals surface area contributed by atoms with Crippen molar-refractivity contribution >= 4 is 28.7 Å². The number of nitrogen functional groups attached to an aromatic ring is 1. The molecule has 0 atom stereocenters. The van der Waals surface area contributed by atoms with Gasteiger partial charge in [0.1, 0.15) is 11.5 Å². The average molecular weight is 442 g/mol. The second-order valence-electron chi connectivity index (χ2n) is 7.08. The van der Waals surface area contributed by atoms with Gasteiger partial charge in [-0.2, -0.15) is 13.2 Å². The van der Waals surface area contributed by atoms with Gasteiger partial charge in [-0.1, -0.05) is 0 Å². The number of hydrogen-bond donors (Lipinski definition) is 2. The van der Waals surface area contributed by atoms with Crippen molar-refractivity contribution in [3.63, 3.8) is 0 Å². The summed E-state index contributed by atoms with van der Waals surface area (Å²) < 4.78 is 51.4. The zero-order valence-corrected chi connectivity index (χ0v) is 18.4. The number of nitrogens with zero attached hydrogens (tertiary/aromatic N) is 4. The van der Waals surface area contributed by atoms with Gasteiger partial charge in [-0.25, -0.2) is 9.97 Å². The minimum absolute atomic E-state index is 0.102. The van der Waals surface area contributed by atoms with E-state index in [2.05, 4.69) is 15.3 Å². The maximum atomic E-state index is 13.7. The Morgan fingerprint density at radius 3 is 2.19 bits per heavy atom. The molecule has 0 bridgehead atoms. The minimum atomic E-state index is -4.56. The highest BCUT2D eigenvalue weighted by atomic mass is 19.4. The number of aromatic nitrogens is 2. The number of anilines is 5. The first-order valence-electron chi connectivity index (χ1n) is 9.61. The van der Waals surface area contributed by atoms with Crippen molar-refractivity contribution in [1.29, 1.82) is 0 Å². The Hall–Kier alpha value is -2.79. The van der Waals surface area contributed by atoms with Crippen LogP contribution in [0, 0.1) is 6.92 Å². The van der Waals surface area contributed by atoms with Gasteiger partial charge in [0, 0.05) is 47.1 Å². The van der Waals surface area contributed by atoms with Crippen LogP contribution in [0.25, 0.3) is 0 Å². The SMILES string of the molecule is COCCN(CCOC)c1nc(C)nc(Nc2ccc(N(C)C)cc2C(F)(F)F)c1N. The van der Waals surface area contributed by atoms with Gasteiger partial charge >= 0.3 is 6.18 Å². The standard InChI is InChI=1S/C20H29F3N6O2/c1-13-25-18(17(24)19(26-13)29(8-10-30-4)9-11-31-5)27-16-7-6-14(28(2)3)12-15(16)20(21,22)23/h6-7,12H,8-11,24H2,1-5H3,(H,25,26,27). The van der Waals surface area contributed by atoms with E-state index in [0.717, 1.165) is 6.07 Å². The topological polar surface area (TPSA) is 88.8 Å². The summed E-state index contributed by atoms with van der Waals surface area (Å²) in [4.78, 5) is 12.1. The fourth-order valence-electron chi connectivity index (χ4n) is 2.91. The lowest BCUT2D eigenvalue weighted by Gasteiger charge is -2.26. The zero-order valence-electron chi connectivity index (χ0n) is 18.4. The van der Waals surface area contributed by atoms with Crippen LogP contribution in [0.4, 0.5) is 41.9 Å². The summed E-state index contributed by atoms with van der Waals surface area (Å²) in [5, 5.41) is 2.76. The zero-order chi connectivity index (χ0) is 23.2. The fourth-order valence-corrected chi connectivity index (χ4v) is 2.91. The van der Waals surface area contributed by atoms with E-state index in [1.807, 2.05) is 4.90 Å². The van der Waals surface area contributed by atoms with E-state index in [0.29, 0.717) is 43.6 Å². The monoisotopic (exact) mass is 442 g/mol. The number of rotatable bonds is 10. The molecule has 8 nitrogen and oxygen atoms in total. The first kappa shape index (κ1) is 24.5. The van der Waals surface area contributed by atoms with E-state index in [4.69, 9.17) is 15.2 Å². The molecule has 0 amide bonds. The average Bonchev–Trinajstić information content (AvgIpc) is 2.70. The van der Waals surface area contributed by atoms with E-state index >= 15 is 0 Å². The van der Waals surface area contributed by atoms with Gasteiger partial charge in [0.25, 0.3) is 0 Å². The molecule has 0 saturated heterocycles. The molecule has 0 saturated carbocycles. The van der Waals surface area contributed by atoms with Crippen molar-refractivity contribution in [2.24, 2.45) is 0 Å². The lowest BCUT2D eigenvalue weighted by molar-refractivity contribution is -0.136. The summed E-state index contributed by atoms with van der Waals surface area (Å²) in [6.45, 7) is 3.44. The smallest absolute Gasteiger partial charge is 0.393 e. The van der Waals surface area contributed by atoms with Crippen LogP contribution in [0.5, 0.6) is 0 Å². The Labute approximate surface area is 180 Å². The summed E-state index contributed by atoms with van der Waals surface area (Å²) in [7, 11) is 6.50. The number of hydrogen-bond acceptors (Lipinski definition) is 8. The van der Waals surface area contributed by atoms with E-state index in [-0.39, 0.29) is 17.2 Å². The minimum Gasteiger partial charge on any atom is -0.393 e. The molecular weight excluding hydrogens is 413 g/mol. The lowest BCUT2D eigenvalue weighted by atomic mass is 10.1. The Morgan fingerprint density at radius 2 is 1.68 bits per heavy atom. The summed E-state index contributed by atoms with van der Waals surface area (Å²) in [5.41, 5.74) is 5.89. The fraction of sp³-hybridized carbons (Fsp3) is 0.500. The first-order valence-corrected chi connectivity index (χ1v) is 9.61. The summed E-state index contributed by atoms with van der Waals surface area (Å²) in [5.74, 6) is 0.873. The van der Waals surface area contributed by atoms with Crippen molar-refractivity contribution in [3.05, 3.63) is 29.6 Å². The normalized spacial score (nSPS) is 11.5. The van der Waals surface area contributed by atoms with Gasteiger partial charge in [-0.05, 0) is 25.1 Å². The number of halogens is 3. The molecule has 11 heteroatoms. The van der Waals surface area contributed by atoms with Gasteiger partial charge in [-0.15, -0.1) is 0 Å². The summed E-state index contributed by atoms with van der Waals surface area (Å²) in [6, 6.07) is 4.03. The summed E-state index contributed by atoms with van der Waals surface area (Å²) in [6.07, 6.45) is -4.56. The molecule has 172 valence electrons. The van der Waals surface area contributed by atoms with Gasteiger partial charge in [-0.3, -0.25) is 0 Å². The lowest BCUT2D eigenvalue weighted by Crippen LogP contribution is -2.32. The molecule has 0 aliphatic heterocycles. The Morgan fingerprint density at radius 1 is 1.06 bits per heavy atom. The predicted octanol–water partition coefficient (Wildman–Crippen LogP) is 3.29. The highest BCUT2D eigenvalue weighted by Gasteiger charge is 2.34. The van der Waals surface area contributed by atoms with Crippen molar-refractivity contribution in [1.82, 2.24) is 9.97 Å². The molecule has 1 aromatic heterocycles. The Bertz CT molecular complexity index is 869. The summed E-state index contributed by atoms with van der Waals surface area (Å²) >= 11 is 0. The van der Waals surface area contributed by atoms with E-state index in [1.54, 1.807) is 46.2 Å². The van der Waals surface area contributed by atoms with Gasteiger partial charge in [0.15, 0.2) is 11.6 Å². The molecule has 2 rings (SSSR count). The highest BCUT2D eigenvalue weighted by molar-refractivity contribution is 5.80. The first-order chi connectivity index (χ1) is 14.6. The molecule has 0 radical (unpaired) electrons. The van der Waals surface area contributed by atoms with Crippen molar-refractivity contribution < 1.29 is 22.6 Å². The van der Waals surface area contributed by atoms with Crippen LogP contribution < -0.4 is 20.9 Å². The predicted molar refractivity (Wildman–Crippen MR) is 116 cm³/mol. The Kier molecular flexibility index (Phi) is 8.28. The number of nitrogens with one attached hydrogen (secondary N) is 1. The van der Waals surface area contributed by atoms with Crippen LogP contribution >= 0.6 is 0 Å². The molecule has 0 unspecified atom stereocenters. The second-order valence-corrected chi connectivity index (χ2v) is 7.08. The number of ether oxygens (including phenoxy) is 2.